The summed E-state index contributed by atoms with van der Waals surface area (Å²) in [7, 11) is -1.58. The van der Waals surface area contributed by atoms with Crippen LogP contribution in [0.5, 0.6) is 0 Å². The molecule has 1 aromatic heterocycles. The number of aryl methyl sites for hydroxylation is 2. The van der Waals surface area contributed by atoms with Crippen LogP contribution < -0.4 is 5.56 Å². The van der Waals surface area contributed by atoms with Gasteiger partial charge in [0, 0.05) is 38.5 Å². The molecule has 190 valence electrons. The number of nitrogens with zero attached hydrogens (tertiary/aromatic N) is 4. The highest BCUT2D eigenvalue weighted by atomic mass is 32.2. The molecule has 9 heteroatoms. The lowest BCUT2D eigenvalue weighted by molar-refractivity contribution is 0.317. The monoisotopic (exact) mass is 508 g/mol. The van der Waals surface area contributed by atoms with Crippen LogP contribution in [0.25, 0.3) is 0 Å². The molecule has 1 aliphatic rings. The Morgan fingerprint density at radius 1 is 1.08 bits per heavy atom. The molecule has 2 aromatic carbocycles. The molecule has 0 amide bonds. The Hall–Kier alpha value is -3.30. The van der Waals surface area contributed by atoms with Gasteiger partial charge in [-0.1, -0.05) is 53.7 Å². The summed E-state index contributed by atoms with van der Waals surface area (Å²) in [5, 5.41) is 17.7. The van der Waals surface area contributed by atoms with Crippen LogP contribution in [0.1, 0.15) is 59.0 Å². The second-order valence-corrected chi connectivity index (χ2v) is 11.4. The Morgan fingerprint density at radius 2 is 1.75 bits per heavy atom. The van der Waals surface area contributed by atoms with Crippen molar-refractivity contribution >= 4 is 15.7 Å². The van der Waals surface area contributed by atoms with Crippen molar-refractivity contribution in [3.8, 4) is 0 Å². The number of oxime groups is 1. The summed E-state index contributed by atoms with van der Waals surface area (Å²) >= 11 is 0. The van der Waals surface area contributed by atoms with Gasteiger partial charge in [-0.15, -0.1) is 0 Å². The molecule has 0 radical (unpaired) electrons. The SMILES string of the molecule is Cc1ccccc1C(C/C(=N\O)c1ccc(=O)n(C)n1)c1ccc(C2CCN(S(C)(=O)=O)CC2)cc1. The third-order valence-corrected chi connectivity index (χ3v) is 8.37. The third-order valence-electron chi connectivity index (χ3n) is 7.07. The van der Waals surface area contributed by atoms with E-state index in [0.29, 0.717) is 36.8 Å². The molecule has 1 atom stereocenters. The number of rotatable bonds is 7. The average Bonchev–Trinajstić information content (AvgIpc) is 2.87. The summed E-state index contributed by atoms with van der Waals surface area (Å²) in [6.07, 6.45) is 3.27. The van der Waals surface area contributed by atoms with Crippen molar-refractivity contribution < 1.29 is 13.6 Å². The second kappa shape index (κ2) is 10.8. The van der Waals surface area contributed by atoms with Crippen LogP contribution in [0.2, 0.25) is 0 Å². The van der Waals surface area contributed by atoms with Gasteiger partial charge in [0.2, 0.25) is 10.0 Å². The highest BCUT2D eigenvalue weighted by molar-refractivity contribution is 7.88. The largest absolute Gasteiger partial charge is 0.411 e. The first-order chi connectivity index (χ1) is 17.2. The fourth-order valence-electron chi connectivity index (χ4n) is 4.95. The number of sulfonamides is 1. The van der Waals surface area contributed by atoms with Gasteiger partial charge in [0.05, 0.1) is 6.26 Å². The predicted molar refractivity (Wildman–Crippen MR) is 140 cm³/mol. The summed E-state index contributed by atoms with van der Waals surface area (Å²) in [6.45, 7) is 3.15. The first kappa shape index (κ1) is 25.8. The molecule has 0 bridgehead atoms. The first-order valence-electron chi connectivity index (χ1n) is 12.0. The molecule has 1 unspecified atom stereocenters. The van der Waals surface area contributed by atoms with E-state index in [1.807, 2.05) is 12.1 Å². The molecule has 1 aliphatic heterocycles. The fourth-order valence-corrected chi connectivity index (χ4v) is 5.83. The lowest BCUT2D eigenvalue weighted by Crippen LogP contribution is -2.37. The lowest BCUT2D eigenvalue weighted by Gasteiger charge is -2.30. The molecule has 3 aromatic rings. The Balaban J connectivity index is 1.62. The van der Waals surface area contributed by atoms with Gasteiger partial charge < -0.3 is 5.21 Å². The van der Waals surface area contributed by atoms with Crippen molar-refractivity contribution in [1.82, 2.24) is 14.1 Å². The maximum absolute atomic E-state index is 11.8. The molecule has 1 saturated heterocycles. The summed E-state index contributed by atoms with van der Waals surface area (Å²) < 4.78 is 26.5. The van der Waals surface area contributed by atoms with E-state index in [0.717, 1.165) is 29.5 Å². The minimum absolute atomic E-state index is 0.0859. The standard InChI is InChI=1S/C27H32N4O4S/c1-19-6-4-5-7-23(19)24(18-26(29-33)25-12-13-27(32)30(2)28-25)22-10-8-20(9-11-22)21-14-16-31(17-15-21)36(3,34)35/h4-13,21,24,33H,14-18H2,1-3H3/b29-26+. The van der Waals surface area contributed by atoms with Gasteiger partial charge in [0.1, 0.15) is 11.4 Å². The van der Waals surface area contributed by atoms with E-state index >= 15 is 0 Å². The average molecular weight is 509 g/mol. The summed E-state index contributed by atoms with van der Waals surface area (Å²) in [5.41, 5.74) is 5.15. The number of aromatic nitrogens is 2. The maximum atomic E-state index is 11.8. The molecule has 4 rings (SSSR count). The van der Waals surface area contributed by atoms with Gasteiger partial charge in [-0.25, -0.2) is 17.4 Å². The first-order valence-corrected chi connectivity index (χ1v) is 13.9. The molecule has 0 saturated carbocycles. The molecule has 1 fully saturated rings. The number of hydrogen-bond acceptors (Lipinski definition) is 6. The second-order valence-electron chi connectivity index (χ2n) is 9.44. The molecule has 0 aliphatic carbocycles. The molecule has 2 heterocycles. The minimum Gasteiger partial charge on any atom is -0.411 e. The van der Waals surface area contributed by atoms with Crippen molar-refractivity contribution in [1.29, 1.82) is 0 Å². The van der Waals surface area contributed by atoms with Crippen LogP contribution in [0.15, 0.2) is 70.6 Å². The highest BCUT2D eigenvalue weighted by Gasteiger charge is 2.26. The summed E-state index contributed by atoms with van der Waals surface area (Å²) in [5.74, 6) is 0.232. The van der Waals surface area contributed by atoms with Crippen LogP contribution in [0, 0.1) is 6.92 Å². The molecule has 1 N–H and O–H groups in total. The van der Waals surface area contributed by atoms with E-state index in [1.165, 1.54) is 22.6 Å². The number of benzene rings is 2. The van der Waals surface area contributed by atoms with Crippen molar-refractivity contribution in [3.05, 3.63) is 99.0 Å². The lowest BCUT2D eigenvalue weighted by atomic mass is 9.82. The van der Waals surface area contributed by atoms with Crippen LogP contribution in [0.3, 0.4) is 0 Å². The van der Waals surface area contributed by atoms with Gasteiger partial charge in [-0.2, -0.15) is 5.10 Å². The summed E-state index contributed by atoms with van der Waals surface area (Å²) in [6, 6.07) is 19.6. The van der Waals surface area contributed by atoms with Crippen molar-refractivity contribution in [3.63, 3.8) is 0 Å². The zero-order valence-corrected chi connectivity index (χ0v) is 21.6. The maximum Gasteiger partial charge on any atom is 0.266 e. The van der Waals surface area contributed by atoms with E-state index in [-0.39, 0.29) is 11.5 Å². The zero-order chi connectivity index (χ0) is 25.9. The van der Waals surface area contributed by atoms with E-state index in [2.05, 4.69) is 53.6 Å². The van der Waals surface area contributed by atoms with E-state index < -0.39 is 10.0 Å². The van der Waals surface area contributed by atoms with E-state index in [4.69, 9.17) is 0 Å². The van der Waals surface area contributed by atoms with Crippen LogP contribution in [-0.4, -0.2) is 52.8 Å². The van der Waals surface area contributed by atoms with Gasteiger partial charge in [-0.05, 0) is 54.0 Å². The van der Waals surface area contributed by atoms with Crippen molar-refractivity contribution in [2.75, 3.05) is 19.3 Å². The molecular formula is C27H32N4O4S. The van der Waals surface area contributed by atoms with Crippen molar-refractivity contribution in [2.24, 2.45) is 12.2 Å². The quantitative estimate of drug-likeness (QED) is 0.298. The molecule has 0 spiro atoms. The molecule has 8 nitrogen and oxygen atoms in total. The smallest absolute Gasteiger partial charge is 0.266 e. The van der Waals surface area contributed by atoms with Gasteiger partial charge in [0.25, 0.3) is 5.56 Å². The van der Waals surface area contributed by atoms with Crippen LogP contribution >= 0.6 is 0 Å². The Morgan fingerprint density at radius 3 is 2.33 bits per heavy atom. The van der Waals surface area contributed by atoms with Crippen LogP contribution in [-0.2, 0) is 17.1 Å². The van der Waals surface area contributed by atoms with Gasteiger partial charge in [0.15, 0.2) is 0 Å². The molecular weight excluding hydrogens is 476 g/mol. The summed E-state index contributed by atoms with van der Waals surface area (Å²) in [4.78, 5) is 11.8. The zero-order valence-electron chi connectivity index (χ0n) is 20.8. The highest BCUT2D eigenvalue weighted by Crippen LogP contribution is 2.34. The Kier molecular flexibility index (Phi) is 7.70. The third kappa shape index (κ3) is 5.74. The van der Waals surface area contributed by atoms with Gasteiger partial charge >= 0.3 is 0 Å². The van der Waals surface area contributed by atoms with Gasteiger partial charge in [-0.3, -0.25) is 4.79 Å². The normalized spacial score (nSPS) is 16.7. The van der Waals surface area contributed by atoms with E-state index in [9.17, 15) is 18.4 Å². The predicted octanol–water partition coefficient (Wildman–Crippen LogP) is 3.63. The number of hydrogen-bond donors (Lipinski definition) is 1. The Bertz CT molecular complexity index is 1410. The van der Waals surface area contributed by atoms with Crippen molar-refractivity contribution in [2.45, 2.75) is 38.0 Å². The fraction of sp³-hybridized carbons (Fsp3) is 0.370. The number of piperidine rings is 1. The Labute approximate surface area is 211 Å². The topological polar surface area (TPSA) is 105 Å². The minimum atomic E-state index is -3.15. The van der Waals surface area contributed by atoms with Crippen LogP contribution in [0.4, 0.5) is 0 Å². The van der Waals surface area contributed by atoms with E-state index in [1.54, 1.807) is 17.4 Å². The molecule has 36 heavy (non-hydrogen) atoms.